The molecule has 0 spiro atoms. The molecule has 0 unspecified atom stereocenters. The fourth-order valence-corrected chi connectivity index (χ4v) is 1.67. The van der Waals surface area contributed by atoms with Crippen LogP contribution in [0.4, 0.5) is 0 Å². The van der Waals surface area contributed by atoms with Crippen molar-refractivity contribution in [1.82, 2.24) is 0 Å². The van der Waals surface area contributed by atoms with Gasteiger partial charge in [0.15, 0.2) is 0 Å². The van der Waals surface area contributed by atoms with Gasteiger partial charge >= 0.3 is 5.97 Å². The van der Waals surface area contributed by atoms with Gasteiger partial charge in [0.2, 0.25) is 0 Å². The molecule has 104 valence electrons. The smallest absolute Gasteiger partial charge is 0.313 e. The van der Waals surface area contributed by atoms with Crippen LogP contribution in [0.1, 0.15) is 45.2 Å². The van der Waals surface area contributed by atoms with Crippen molar-refractivity contribution < 1.29 is 14.3 Å². The number of benzene rings is 1. The van der Waals surface area contributed by atoms with Crippen LogP contribution >= 0.6 is 0 Å². The van der Waals surface area contributed by atoms with E-state index in [4.69, 9.17) is 10.5 Å². The largest absolute Gasteiger partial charge is 0.460 e. The first kappa shape index (κ1) is 15.4. The summed E-state index contributed by atoms with van der Waals surface area (Å²) < 4.78 is 5.10. The monoisotopic (exact) mass is 263 g/mol. The molecule has 1 rings (SSSR count). The van der Waals surface area contributed by atoms with Crippen LogP contribution in [0.5, 0.6) is 0 Å². The highest BCUT2D eigenvalue weighted by Crippen LogP contribution is 2.15. The molecule has 0 saturated heterocycles. The number of ether oxygens (including phenoxy) is 1. The zero-order valence-corrected chi connectivity index (χ0v) is 11.7. The minimum Gasteiger partial charge on any atom is -0.460 e. The lowest BCUT2D eigenvalue weighted by atomic mass is 10.0. The quantitative estimate of drug-likeness (QED) is 0.654. The van der Waals surface area contributed by atoms with Gasteiger partial charge in [0.05, 0.1) is 0 Å². The Labute approximate surface area is 113 Å². The summed E-state index contributed by atoms with van der Waals surface area (Å²) in [5.74, 6) is -0.705. The van der Waals surface area contributed by atoms with Gasteiger partial charge in [-0.1, -0.05) is 30.3 Å². The van der Waals surface area contributed by atoms with E-state index in [0.717, 1.165) is 5.56 Å². The van der Waals surface area contributed by atoms with Gasteiger partial charge in [-0.15, -0.1) is 0 Å². The third kappa shape index (κ3) is 6.15. The summed E-state index contributed by atoms with van der Waals surface area (Å²) in [6.45, 7) is 5.31. The van der Waals surface area contributed by atoms with E-state index in [9.17, 15) is 9.59 Å². The van der Waals surface area contributed by atoms with E-state index < -0.39 is 11.6 Å². The summed E-state index contributed by atoms with van der Waals surface area (Å²) in [6.07, 6.45) is -0.0823. The van der Waals surface area contributed by atoms with Crippen LogP contribution in [-0.4, -0.2) is 17.4 Å². The predicted molar refractivity (Wildman–Crippen MR) is 73.5 cm³/mol. The summed E-state index contributed by atoms with van der Waals surface area (Å²) in [5.41, 5.74) is 6.24. The second-order valence-electron chi connectivity index (χ2n) is 5.52. The van der Waals surface area contributed by atoms with Crippen LogP contribution in [0.2, 0.25) is 0 Å². The second kappa shape index (κ2) is 6.48. The zero-order valence-electron chi connectivity index (χ0n) is 11.7. The molecule has 4 nitrogen and oxygen atoms in total. The molecule has 1 atom stereocenters. The Morgan fingerprint density at radius 3 is 2.32 bits per heavy atom. The Kier molecular flexibility index (Phi) is 5.24. The van der Waals surface area contributed by atoms with Crippen molar-refractivity contribution in [3.8, 4) is 0 Å². The summed E-state index contributed by atoms with van der Waals surface area (Å²) in [4.78, 5) is 23.2. The zero-order chi connectivity index (χ0) is 14.5. The molecule has 0 heterocycles. The molecule has 19 heavy (non-hydrogen) atoms. The maximum absolute atomic E-state index is 11.7. The fraction of sp³-hybridized carbons (Fsp3) is 0.467. The number of hydrogen-bond donors (Lipinski definition) is 1. The molecule has 2 N–H and O–H groups in total. The second-order valence-corrected chi connectivity index (χ2v) is 5.52. The number of ketones is 1. The number of esters is 1. The van der Waals surface area contributed by atoms with Gasteiger partial charge in [-0.2, -0.15) is 0 Å². The molecule has 0 saturated carbocycles. The minimum atomic E-state index is -0.571. The van der Waals surface area contributed by atoms with Crippen LogP contribution < -0.4 is 5.73 Å². The van der Waals surface area contributed by atoms with Gasteiger partial charge in [-0.25, -0.2) is 0 Å². The molecular weight excluding hydrogens is 242 g/mol. The van der Waals surface area contributed by atoms with Crippen molar-refractivity contribution >= 4 is 11.8 Å². The topological polar surface area (TPSA) is 69.4 Å². The van der Waals surface area contributed by atoms with Gasteiger partial charge in [0.1, 0.15) is 17.8 Å². The third-order valence-electron chi connectivity index (χ3n) is 2.44. The molecule has 1 aromatic rings. The fourth-order valence-electron chi connectivity index (χ4n) is 1.67. The number of Topliss-reactive ketones (excluding diaryl/α,β-unsaturated/α-hetero) is 1. The van der Waals surface area contributed by atoms with Gasteiger partial charge < -0.3 is 10.5 Å². The van der Waals surface area contributed by atoms with E-state index in [1.54, 1.807) is 20.8 Å². The number of hydrogen-bond acceptors (Lipinski definition) is 4. The van der Waals surface area contributed by atoms with E-state index >= 15 is 0 Å². The first-order valence-electron chi connectivity index (χ1n) is 6.32. The van der Waals surface area contributed by atoms with Crippen molar-refractivity contribution in [3.63, 3.8) is 0 Å². The first-order valence-corrected chi connectivity index (χ1v) is 6.32. The van der Waals surface area contributed by atoms with Crippen LogP contribution in [-0.2, 0) is 14.3 Å². The van der Waals surface area contributed by atoms with Gasteiger partial charge in [-0.05, 0) is 26.3 Å². The van der Waals surface area contributed by atoms with E-state index in [1.807, 2.05) is 30.3 Å². The highest BCUT2D eigenvalue weighted by molar-refractivity contribution is 5.95. The lowest BCUT2D eigenvalue weighted by Gasteiger charge is -2.19. The lowest BCUT2D eigenvalue weighted by Crippen LogP contribution is -2.26. The predicted octanol–water partition coefficient (Wildman–Crippen LogP) is 2.38. The summed E-state index contributed by atoms with van der Waals surface area (Å²) in [7, 11) is 0. The Bertz CT molecular complexity index is 434. The number of nitrogens with two attached hydrogens (primary N) is 1. The Morgan fingerprint density at radius 1 is 1.21 bits per heavy atom. The molecule has 0 aromatic heterocycles. The summed E-state index contributed by atoms with van der Waals surface area (Å²) in [6, 6.07) is 8.98. The normalized spacial score (nSPS) is 12.8. The molecule has 0 bridgehead atoms. The summed E-state index contributed by atoms with van der Waals surface area (Å²) in [5, 5.41) is 0. The first-order chi connectivity index (χ1) is 8.78. The molecular formula is C15H21NO3. The highest BCUT2D eigenvalue weighted by Gasteiger charge is 2.20. The van der Waals surface area contributed by atoms with Gasteiger partial charge in [-0.3, -0.25) is 9.59 Å². The van der Waals surface area contributed by atoms with Gasteiger partial charge in [0.25, 0.3) is 0 Å². The van der Waals surface area contributed by atoms with E-state index in [1.165, 1.54) is 0 Å². The third-order valence-corrected chi connectivity index (χ3v) is 2.44. The average Bonchev–Trinajstić information content (AvgIpc) is 2.27. The van der Waals surface area contributed by atoms with Crippen molar-refractivity contribution in [2.45, 2.75) is 45.3 Å². The molecule has 0 aliphatic rings. The Hall–Kier alpha value is -1.68. The minimum absolute atomic E-state index is 0.142. The van der Waals surface area contributed by atoms with Crippen molar-refractivity contribution in [3.05, 3.63) is 35.9 Å². The maximum Gasteiger partial charge on any atom is 0.313 e. The van der Waals surface area contributed by atoms with Crippen molar-refractivity contribution in [1.29, 1.82) is 0 Å². The van der Waals surface area contributed by atoms with Crippen LogP contribution in [0.25, 0.3) is 0 Å². The number of carbonyl (C=O) groups is 2. The lowest BCUT2D eigenvalue weighted by molar-refractivity contribution is -0.156. The number of rotatable bonds is 5. The Morgan fingerprint density at radius 2 is 1.79 bits per heavy atom. The molecule has 0 aliphatic carbocycles. The van der Waals surface area contributed by atoms with E-state index in [0.29, 0.717) is 0 Å². The van der Waals surface area contributed by atoms with Gasteiger partial charge in [0, 0.05) is 12.5 Å². The molecule has 0 fully saturated rings. The Balaban J connectivity index is 2.46. The molecule has 0 amide bonds. The standard InChI is InChI=1S/C15H21NO3/c1-15(2,3)19-14(18)10-12(17)9-13(16)11-7-5-4-6-8-11/h4-8,13H,9-10,16H2,1-3H3/t13-/m1/s1. The van der Waals surface area contributed by atoms with Crippen molar-refractivity contribution in [2.75, 3.05) is 0 Å². The van der Waals surface area contributed by atoms with Crippen LogP contribution in [0.3, 0.4) is 0 Å². The SMILES string of the molecule is CC(C)(C)OC(=O)CC(=O)C[C@@H](N)c1ccccc1. The molecule has 4 heteroatoms. The molecule has 0 aliphatic heterocycles. The molecule has 0 radical (unpaired) electrons. The number of carbonyl (C=O) groups excluding carboxylic acids is 2. The van der Waals surface area contributed by atoms with Crippen molar-refractivity contribution in [2.24, 2.45) is 5.73 Å². The highest BCUT2D eigenvalue weighted by atomic mass is 16.6. The average molecular weight is 263 g/mol. The van der Waals surface area contributed by atoms with Crippen LogP contribution in [0, 0.1) is 0 Å². The van der Waals surface area contributed by atoms with E-state index in [-0.39, 0.29) is 24.7 Å². The molecule has 1 aromatic carbocycles. The maximum atomic E-state index is 11.7. The van der Waals surface area contributed by atoms with Crippen LogP contribution in [0.15, 0.2) is 30.3 Å². The van der Waals surface area contributed by atoms with E-state index in [2.05, 4.69) is 0 Å². The summed E-state index contributed by atoms with van der Waals surface area (Å²) >= 11 is 0.